The van der Waals surface area contributed by atoms with Gasteiger partial charge in [0, 0.05) is 11.1 Å². The van der Waals surface area contributed by atoms with Crippen LogP contribution >= 0.6 is 11.6 Å². The largest absolute Gasteiger partial charge is 1.00 e. The summed E-state index contributed by atoms with van der Waals surface area (Å²) < 4.78 is 4.41. The Labute approximate surface area is 162 Å². The number of aromatic nitrogens is 2. The highest BCUT2D eigenvalue weighted by molar-refractivity contribution is 6.33. The van der Waals surface area contributed by atoms with Gasteiger partial charge in [-0.1, -0.05) is 54.1 Å². The smallest absolute Gasteiger partial charge is 0.257 e. The van der Waals surface area contributed by atoms with Gasteiger partial charge in [-0.25, -0.2) is 9.13 Å². The lowest BCUT2D eigenvalue weighted by atomic mass is 10.1. The fourth-order valence-electron chi connectivity index (χ4n) is 3.41. The third-order valence-electron chi connectivity index (χ3n) is 4.55. The maximum Gasteiger partial charge on any atom is 0.257 e. The monoisotopic (exact) mass is 416 g/mol. The SMILES string of the molecule is O=C(C[n+]1cc(-c2ccccc2)n2c1CCC2)c1ccccc1Cl.[Br-]. The number of carbonyl (C=O) groups is 1. The third kappa shape index (κ3) is 3.42. The first kappa shape index (κ1) is 17.9. The molecule has 0 aliphatic carbocycles. The number of benzene rings is 2. The topological polar surface area (TPSA) is 25.9 Å². The lowest BCUT2D eigenvalue weighted by molar-refractivity contribution is -0.689. The van der Waals surface area contributed by atoms with Crippen LogP contribution in [0.25, 0.3) is 11.3 Å². The van der Waals surface area contributed by atoms with Gasteiger partial charge in [0.2, 0.25) is 5.78 Å². The van der Waals surface area contributed by atoms with Crippen LogP contribution < -0.4 is 21.5 Å². The first-order valence-corrected chi connectivity index (χ1v) is 8.57. The molecule has 3 aromatic rings. The summed E-state index contributed by atoms with van der Waals surface area (Å²) in [6.45, 7) is 1.33. The molecule has 0 saturated carbocycles. The van der Waals surface area contributed by atoms with Gasteiger partial charge in [-0.2, -0.15) is 0 Å². The molecule has 0 unspecified atom stereocenters. The number of nitrogens with zero attached hydrogens (tertiary/aromatic N) is 2. The van der Waals surface area contributed by atoms with Crippen molar-refractivity contribution in [1.29, 1.82) is 0 Å². The highest BCUT2D eigenvalue weighted by atomic mass is 79.9. The van der Waals surface area contributed by atoms with Crippen LogP contribution in [0, 0.1) is 0 Å². The molecule has 25 heavy (non-hydrogen) atoms. The molecule has 3 nitrogen and oxygen atoms in total. The van der Waals surface area contributed by atoms with Gasteiger partial charge in [0.25, 0.3) is 5.82 Å². The molecule has 4 rings (SSSR count). The Bertz CT molecular complexity index is 905. The summed E-state index contributed by atoms with van der Waals surface area (Å²) in [5.74, 6) is 1.26. The summed E-state index contributed by atoms with van der Waals surface area (Å²) in [6, 6.07) is 17.6. The summed E-state index contributed by atoms with van der Waals surface area (Å²) in [6.07, 6.45) is 4.22. The van der Waals surface area contributed by atoms with E-state index < -0.39 is 0 Å². The van der Waals surface area contributed by atoms with Crippen LogP contribution in [0.3, 0.4) is 0 Å². The average molecular weight is 418 g/mol. The standard InChI is InChI=1S/C20H18ClN2O.BrH/c21-17-10-5-4-9-16(17)19(24)14-22-13-18(15-7-2-1-3-8-15)23-12-6-11-20(22)23;/h1-5,7-10,13H,6,11-12,14H2;1H/q+1;/p-1. The summed E-state index contributed by atoms with van der Waals surface area (Å²) in [5.41, 5.74) is 2.95. The number of imidazole rings is 1. The van der Waals surface area contributed by atoms with E-state index in [2.05, 4.69) is 27.5 Å². The number of fused-ring (bicyclic) bond motifs is 1. The van der Waals surface area contributed by atoms with Crippen molar-refractivity contribution in [2.75, 3.05) is 0 Å². The molecule has 2 aromatic carbocycles. The minimum absolute atomic E-state index is 0. The van der Waals surface area contributed by atoms with Gasteiger partial charge >= 0.3 is 0 Å². The zero-order valence-corrected chi connectivity index (χ0v) is 16.0. The number of rotatable bonds is 4. The summed E-state index contributed by atoms with van der Waals surface area (Å²) in [5, 5.41) is 0.516. The molecular weight excluding hydrogens is 400 g/mol. The van der Waals surface area contributed by atoms with Gasteiger partial charge < -0.3 is 17.0 Å². The van der Waals surface area contributed by atoms with Gasteiger partial charge in [0.15, 0.2) is 12.2 Å². The van der Waals surface area contributed by atoms with Crippen LogP contribution in [0.2, 0.25) is 5.02 Å². The molecule has 0 spiro atoms. The Morgan fingerprint density at radius 3 is 2.56 bits per heavy atom. The molecule has 0 amide bonds. The summed E-state index contributed by atoms with van der Waals surface area (Å²) in [4.78, 5) is 12.7. The molecular formula is C20H18BrClN2O. The first-order valence-electron chi connectivity index (χ1n) is 8.19. The van der Waals surface area contributed by atoms with Crippen LogP contribution in [0.4, 0.5) is 0 Å². The van der Waals surface area contributed by atoms with E-state index in [1.807, 2.05) is 30.3 Å². The lowest BCUT2D eigenvalue weighted by Crippen LogP contribution is -3.00. The molecule has 1 aliphatic heterocycles. The van der Waals surface area contributed by atoms with E-state index >= 15 is 0 Å². The first-order chi connectivity index (χ1) is 11.7. The van der Waals surface area contributed by atoms with Gasteiger partial charge in [0.05, 0.1) is 18.0 Å². The molecule has 1 aliphatic rings. The molecule has 0 radical (unpaired) electrons. The molecule has 2 heterocycles. The molecule has 0 saturated heterocycles. The van der Waals surface area contributed by atoms with Crippen molar-refractivity contribution >= 4 is 17.4 Å². The Kier molecular flexibility index (Phi) is 5.40. The number of carbonyl (C=O) groups excluding carboxylic acids is 1. The van der Waals surface area contributed by atoms with Crippen molar-refractivity contribution in [2.24, 2.45) is 0 Å². The number of ketones is 1. The maximum atomic E-state index is 12.7. The molecule has 128 valence electrons. The Morgan fingerprint density at radius 2 is 1.80 bits per heavy atom. The van der Waals surface area contributed by atoms with Crippen molar-refractivity contribution in [3.63, 3.8) is 0 Å². The van der Waals surface area contributed by atoms with Crippen molar-refractivity contribution < 1.29 is 26.3 Å². The Hall–Kier alpha value is -1.91. The molecule has 0 fully saturated rings. The maximum absolute atomic E-state index is 12.7. The van der Waals surface area contributed by atoms with Crippen LogP contribution in [0.15, 0.2) is 60.8 Å². The van der Waals surface area contributed by atoms with E-state index in [4.69, 9.17) is 11.6 Å². The van der Waals surface area contributed by atoms with Gasteiger partial charge in [-0.05, 0) is 18.6 Å². The van der Waals surface area contributed by atoms with E-state index in [1.54, 1.807) is 12.1 Å². The van der Waals surface area contributed by atoms with E-state index in [0.717, 1.165) is 19.4 Å². The number of hydrogen-bond donors (Lipinski definition) is 0. The minimum Gasteiger partial charge on any atom is -1.00 e. The number of Topliss-reactive ketones (excluding diaryl/α,β-unsaturated/α-hetero) is 1. The fourth-order valence-corrected chi connectivity index (χ4v) is 3.65. The Balaban J connectivity index is 0.00000182. The van der Waals surface area contributed by atoms with Gasteiger partial charge in [-0.15, -0.1) is 0 Å². The minimum atomic E-state index is 0. The summed E-state index contributed by atoms with van der Waals surface area (Å²) >= 11 is 6.17. The molecule has 5 heteroatoms. The zero-order chi connectivity index (χ0) is 16.5. The highest BCUT2D eigenvalue weighted by Crippen LogP contribution is 2.24. The number of halogens is 2. The average Bonchev–Trinajstić information content (AvgIpc) is 3.20. The van der Waals surface area contributed by atoms with E-state index in [1.165, 1.54) is 17.1 Å². The van der Waals surface area contributed by atoms with Crippen molar-refractivity contribution in [3.05, 3.63) is 77.2 Å². The molecule has 0 atom stereocenters. The highest BCUT2D eigenvalue weighted by Gasteiger charge is 2.29. The second kappa shape index (κ2) is 7.54. The molecule has 1 aromatic heterocycles. The second-order valence-corrected chi connectivity index (χ2v) is 6.49. The van der Waals surface area contributed by atoms with E-state index in [-0.39, 0.29) is 22.8 Å². The Morgan fingerprint density at radius 1 is 1.08 bits per heavy atom. The van der Waals surface area contributed by atoms with Crippen molar-refractivity contribution in [3.8, 4) is 11.3 Å². The third-order valence-corrected chi connectivity index (χ3v) is 4.88. The number of hydrogen-bond acceptors (Lipinski definition) is 1. The zero-order valence-electron chi connectivity index (χ0n) is 13.7. The second-order valence-electron chi connectivity index (χ2n) is 6.08. The van der Waals surface area contributed by atoms with E-state index in [0.29, 0.717) is 17.1 Å². The lowest BCUT2D eigenvalue weighted by Gasteiger charge is -2.02. The normalized spacial score (nSPS) is 12.5. The fraction of sp³-hybridized carbons (Fsp3) is 0.200. The molecule has 0 bridgehead atoms. The molecule has 0 N–H and O–H groups in total. The van der Waals surface area contributed by atoms with Crippen LogP contribution in [0.1, 0.15) is 22.6 Å². The predicted molar refractivity (Wildman–Crippen MR) is 94.2 cm³/mol. The van der Waals surface area contributed by atoms with Crippen LogP contribution in [0.5, 0.6) is 0 Å². The van der Waals surface area contributed by atoms with Gasteiger partial charge in [-0.3, -0.25) is 4.79 Å². The van der Waals surface area contributed by atoms with Crippen LogP contribution in [-0.2, 0) is 19.5 Å². The summed E-state index contributed by atoms with van der Waals surface area (Å²) in [7, 11) is 0. The van der Waals surface area contributed by atoms with E-state index in [9.17, 15) is 4.79 Å². The van der Waals surface area contributed by atoms with Crippen LogP contribution in [-0.4, -0.2) is 10.4 Å². The van der Waals surface area contributed by atoms with Crippen molar-refractivity contribution in [2.45, 2.75) is 25.9 Å². The quantitative estimate of drug-likeness (QED) is 0.458. The van der Waals surface area contributed by atoms with Gasteiger partial charge in [0.1, 0.15) is 6.20 Å². The predicted octanol–water partition coefficient (Wildman–Crippen LogP) is 0.929. The van der Waals surface area contributed by atoms with Crippen molar-refractivity contribution in [1.82, 2.24) is 4.57 Å².